The molecule has 0 spiro atoms. The summed E-state index contributed by atoms with van der Waals surface area (Å²) >= 11 is 0. The van der Waals surface area contributed by atoms with Crippen molar-refractivity contribution in [3.05, 3.63) is 89.0 Å². The minimum absolute atomic E-state index is 0.0412. The molecule has 0 aliphatic heterocycles. The summed E-state index contributed by atoms with van der Waals surface area (Å²) in [7, 11) is 3.03. The van der Waals surface area contributed by atoms with Gasteiger partial charge >= 0.3 is 11.9 Å². The summed E-state index contributed by atoms with van der Waals surface area (Å²) < 4.78 is 23.0. The lowest BCUT2D eigenvalue weighted by molar-refractivity contribution is -0.159. The zero-order valence-corrected chi connectivity index (χ0v) is 26.8. The molecule has 5 atom stereocenters. The first kappa shape index (κ1) is 32.0. The number of benzene rings is 4. The van der Waals surface area contributed by atoms with Gasteiger partial charge in [0.05, 0.1) is 20.6 Å². The quantitative estimate of drug-likeness (QED) is 0.198. The number of hydrogen-bond donors (Lipinski definition) is 3. The molecule has 4 aromatic rings. The van der Waals surface area contributed by atoms with Crippen LogP contribution in [0.2, 0.25) is 0 Å². The van der Waals surface area contributed by atoms with Gasteiger partial charge < -0.3 is 34.3 Å². The van der Waals surface area contributed by atoms with E-state index in [4.69, 9.17) is 18.9 Å². The van der Waals surface area contributed by atoms with E-state index in [0.717, 1.165) is 33.0 Å². The average molecular weight is 641 g/mol. The molecule has 0 bridgehead atoms. The number of aromatic hydroxyl groups is 3. The maximum Gasteiger partial charge on any atom is 0.310 e. The Morgan fingerprint density at radius 2 is 1.47 bits per heavy atom. The van der Waals surface area contributed by atoms with E-state index in [2.05, 4.69) is 0 Å². The minimum Gasteiger partial charge on any atom is -0.508 e. The van der Waals surface area contributed by atoms with Gasteiger partial charge in [0.2, 0.25) is 0 Å². The van der Waals surface area contributed by atoms with Crippen LogP contribution in [-0.4, -0.2) is 53.7 Å². The fourth-order valence-corrected chi connectivity index (χ4v) is 7.51. The number of esters is 2. The lowest BCUT2D eigenvalue weighted by Gasteiger charge is -2.43. The first-order valence-electron chi connectivity index (χ1n) is 15.9. The highest BCUT2D eigenvalue weighted by Crippen LogP contribution is 2.47. The van der Waals surface area contributed by atoms with Gasteiger partial charge in [0.15, 0.2) is 23.0 Å². The van der Waals surface area contributed by atoms with Crippen molar-refractivity contribution < 1.29 is 43.9 Å². The largest absolute Gasteiger partial charge is 0.508 e. The van der Waals surface area contributed by atoms with Crippen molar-refractivity contribution in [3.63, 3.8) is 0 Å². The molecule has 0 heterocycles. The average Bonchev–Trinajstić information content (AvgIpc) is 3.03. The summed E-state index contributed by atoms with van der Waals surface area (Å²) in [5, 5.41) is 32.4. The van der Waals surface area contributed by atoms with Gasteiger partial charge in [0.25, 0.3) is 0 Å². The molecule has 0 radical (unpaired) electrons. The summed E-state index contributed by atoms with van der Waals surface area (Å²) in [6.45, 7) is 1.40. The Morgan fingerprint density at radius 3 is 2.23 bits per heavy atom. The van der Waals surface area contributed by atoms with Gasteiger partial charge in [0, 0.05) is 19.3 Å². The summed E-state index contributed by atoms with van der Waals surface area (Å²) in [5.74, 6) is 0.250. The van der Waals surface area contributed by atoms with Crippen molar-refractivity contribution in [2.75, 3.05) is 14.2 Å². The van der Waals surface area contributed by atoms with E-state index in [1.807, 2.05) is 42.5 Å². The molecular formula is C38H40O9. The van der Waals surface area contributed by atoms with Crippen LogP contribution in [0, 0.1) is 11.8 Å². The second-order valence-electron chi connectivity index (χ2n) is 12.8. The normalized spacial score (nSPS) is 22.2. The van der Waals surface area contributed by atoms with E-state index < -0.39 is 18.2 Å². The van der Waals surface area contributed by atoms with Crippen molar-refractivity contribution in [1.82, 2.24) is 0 Å². The summed E-state index contributed by atoms with van der Waals surface area (Å²) in [4.78, 5) is 25.9. The second-order valence-corrected chi connectivity index (χ2v) is 12.8. The van der Waals surface area contributed by atoms with Crippen LogP contribution in [0.1, 0.15) is 54.4 Å². The predicted molar refractivity (Wildman–Crippen MR) is 175 cm³/mol. The van der Waals surface area contributed by atoms with E-state index in [9.17, 15) is 24.9 Å². The number of carbonyl (C=O) groups is 2. The van der Waals surface area contributed by atoms with Crippen LogP contribution in [0.3, 0.4) is 0 Å². The lowest BCUT2D eigenvalue weighted by atomic mass is 9.66. The standard InChI is InChI=1S/C38H40O9/c1-21(39)46-35-20-31(47-38(43)11-22-4-5-24-14-30(40)8-6-23(24)10-22)15-26(25-7-9-33(41)36(18-25)44-2)12-29-13-27-17-34(42)37(45-3)19-28(27)16-32(29)35/h4-10,14,17-19,26,29,31-32,35,40-42H,11-13,15-16,20H2,1-3H3/t26-,29+,31-,32-,35+/m0/s1. The molecule has 0 amide bonds. The molecule has 2 aliphatic rings. The van der Waals surface area contributed by atoms with Gasteiger partial charge in [-0.2, -0.15) is 0 Å². The fraction of sp³-hybridized carbons (Fsp3) is 0.368. The number of ether oxygens (including phenoxy) is 4. The molecule has 0 unspecified atom stereocenters. The van der Waals surface area contributed by atoms with Crippen LogP contribution in [0.4, 0.5) is 0 Å². The highest BCUT2D eigenvalue weighted by Gasteiger charge is 2.42. The Kier molecular flexibility index (Phi) is 9.16. The molecule has 246 valence electrons. The number of phenolic OH excluding ortho intramolecular Hbond substituents is 3. The highest BCUT2D eigenvalue weighted by atomic mass is 16.6. The third-order valence-electron chi connectivity index (χ3n) is 9.68. The van der Waals surface area contributed by atoms with Crippen molar-refractivity contribution in [1.29, 1.82) is 0 Å². The van der Waals surface area contributed by atoms with E-state index >= 15 is 0 Å². The molecule has 6 rings (SSSR count). The van der Waals surface area contributed by atoms with Crippen LogP contribution in [0.25, 0.3) is 10.8 Å². The predicted octanol–water partition coefficient (Wildman–Crippen LogP) is 6.36. The number of methoxy groups -OCH3 is 2. The second kappa shape index (κ2) is 13.4. The van der Waals surface area contributed by atoms with E-state index in [1.54, 1.807) is 24.3 Å². The molecule has 0 aromatic heterocycles. The van der Waals surface area contributed by atoms with Crippen molar-refractivity contribution >= 4 is 22.7 Å². The summed E-state index contributed by atoms with van der Waals surface area (Å²) in [5.41, 5.74) is 3.80. The number of rotatable bonds is 7. The molecule has 47 heavy (non-hydrogen) atoms. The van der Waals surface area contributed by atoms with Gasteiger partial charge in [-0.1, -0.05) is 30.3 Å². The SMILES string of the molecule is COc1cc([C@@H]2C[C@H](OC(=O)Cc3ccc4cc(O)ccc4c3)C[C@@H](OC(C)=O)[C@H]3Cc4cc(OC)c(O)cc4C[C@H]3C2)ccc1O. The van der Waals surface area contributed by atoms with Crippen LogP contribution in [0.15, 0.2) is 66.7 Å². The maximum absolute atomic E-state index is 13.5. The number of hydrogen-bond acceptors (Lipinski definition) is 9. The van der Waals surface area contributed by atoms with E-state index in [0.29, 0.717) is 43.6 Å². The van der Waals surface area contributed by atoms with Gasteiger partial charge in [0.1, 0.15) is 18.0 Å². The van der Waals surface area contributed by atoms with E-state index in [1.165, 1.54) is 21.1 Å². The Labute approximate surface area is 273 Å². The number of fused-ring (bicyclic) bond motifs is 3. The molecule has 9 nitrogen and oxygen atoms in total. The van der Waals surface area contributed by atoms with Crippen molar-refractivity contribution in [3.8, 4) is 28.7 Å². The molecule has 1 saturated carbocycles. The van der Waals surface area contributed by atoms with Gasteiger partial charge in [-0.25, -0.2) is 0 Å². The lowest BCUT2D eigenvalue weighted by Crippen LogP contribution is -2.43. The van der Waals surface area contributed by atoms with Crippen LogP contribution >= 0.6 is 0 Å². The smallest absolute Gasteiger partial charge is 0.310 e. The summed E-state index contributed by atoms with van der Waals surface area (Å²) in [6.07, 6.45) is 1.81. The maximum atomic E-state index is 13.5. The van der Waals surface area contributed by atoms with E-state index in [-0.39, 0.29) is 47.4 Å². The molecule has 3 N–H and O–H groups in total. The number of phenols is 3. The summed E-state index contributed by atoms with van der Waals surface area (Å²) in [6, 6.07) is 19.7. The molecule has 2 aliphatic carbocycles. The molecule has 0 saturated heterocycles. The third kappa shape index (κ3) is 7.09. The zero-order valence-electron chi connectivity index (χ0n) is 26.8. The minimum atomic E-state index is -0.550. The van der Waals surface area contributed by atoms with Crippen molar-refractivity contribution in [2.45, 2.75) is 63.6 Å². The molecular weight excluding hydrogens is 600 g/mol. The fourth-order valence-electron chi connectivity index (χ4n) is 7.51. The van der Waals surface area contributed by atoms with Gasteiger partial charge in [-0.05, 0) is 107 Å². The monoisotopic (exact) mass is 640 g/mol. The number of carbonyl (C=O) groups excluding carboxylic acids is 2. The molecule has 4 aromatic carbocycles. The topological polar surface area (TPSA) is 132 Å². The Morgan fingerprint density at radius 1 is 0.745 bits per heavy atom. The van der Waals surface area contributed by atoms with Crippen LogP contribution in [0.5, 0.6) is 28.7 Å². The molecule has 9 heteroatoms. The molecule has 1 fully saturated rings. The van der Waals surface area contributed by atoms with Crippen molar-refractivity contribution in [2.24, 2.45) is 11.8 Å². The Balaban J connectivity index is 1.32. The van der Waals surface area contributed by atoms with Crippen LogP contribution in [-0.2, 0) is 38.3 Å². The van der Waals surface area contributed by atoms with Gasteiger partial charge in [-0.15, -0.1) is 0 Å². The Bertz CT molecular complexity index is 1800. The first-order valence-corrected chi connectivity index (χ1v) is 15.9. The van der Waals surface area contributed by atoms with Gasteiger partial charge in [-0.3, -0.25) is 9.59 Å². The zero-order chi connectivity index (χ0) is 33.2. The van der Waals surface area contributed by atoms with Crippen LogP contribution < -0.4 is 9.47 Å². The third-order valence-corrected chi connectivity index (χ3v) is 9.68. The Hall–Kier alpha value is -4.92. The highest BCUT2D eigenvalue weighted by molar-refractivity contribution is 5.85. The first-order chi connectivity index (χ1) is 22.6.